The third-order valence-electron chi connectivity index (χ3n) is 5.66. The lowest BCUT2D eigenvalue weighted by molar-refractivity contribution is 0.112. The van der Waals surface area contributed by atoms with Gasteiger partial charge in [0, 0.05) is 5.56 Å². The first-order valence-corrected chi connectivity index (χ1v) is 9.91. The molecule has 3 aromatic carbocycles. The van der Waals surface area contributed by atoms with Gasteiger partial charge >= 0.3 is 0 Å². The Hall–Kier alpha value is -3.12. The van der Waals surface area contributed by atoms with Crippen molar-refractivity contribution in [2.75, 3.05) is 0 Å². The van der Waals surface area contributed by atoms with Gasteiger partial charge in [-0.25, -0.2) is 0 Å². The van der Waals surface area contributed by atoms with Gasteiger partial charge in [0.2, 0.25) is 0 Å². The van der Waals surface area contributed by atoms with Crippen molar-refractivity contribution in [3.05, 3.63) is 76.9 Å². The maximum absolute atomic E-state index is 10.9. The average molecular weight is 369 g/mol. The van der Waals surface area contributed by atoms with E-state index >= 15 is 0 Å². The third-order valence-corrected chi connectivity index (χ3v) is 5.66. The largest absolute Gasteiger partial charge is 0.489 e. The van der Waals surface area contributed by atoms with Crippen molar-refractivity contribution in [2.45, 2.75) is 44.6 Å². The van der Waals surface area contributed by atoms with Crippen molar-refractivity contribution in [2.24, 2.45) is 0 Å². The van der Waals surface area contributed by atoms with Crippen LogP contribution in [0.15, 0.2) is 54.6 Å². The van der Waals surface area contributed by atoms with Gasteiger partial charge in [-0.05, 0) is 64.9 Å². The van der Waals surface area contributed by atoms with E-state index < -0.39 is 0 Å². The van der Waals surface area contributed by atoms with Gasteiger partial charge in [0.25, 0.3) is 0 Å². The van der Waals surface area contributed by atoms with Crippen molar-refractivity contribution >= 4 is 17.1 Å². The van der Waals surface area contributed by atoms with E-state index in [1.807, 2.05) is 42.5 Å². The lowest BCUT2D eigenvalue weighted by atomic mass is 9.82. The van der Waals surface area contributed by atoms with Crippen LogP contribution in [-0.2, 0) is 6.61 Å². The summed E-state index contributed by atoms with van der Waals surface area (Å²) in [6, 6.07) is 20.0. The molecule has 0 radical (unpaired) electrons. The van der Waals surface area contributed by atoms with E-state index in [0.717, 1.165) is 33.9 Å². The number of fused-ring (bicyclic) bond motifs is 1. The zero-order valence-corrected chi connectivity index (χ0v) is 15.9. The summed E-state index contributed by atoms with van der Waals surface area (Å²) in [6.45, 7) is 0.428. The van der Waals surface area contributed by atoms with Crippen LogP contribution in [-0.4, -0.2) is 6.29 Å². The van der Waals surface area contributed by atoms with E-state index in [9.17, 15) is 10.1 Å². The molecule has 0 bridgehead atoms. The highest BCUT2D eigenvalue weighted by molar-refractivity contribution is 5.89. The van der Waals surface area contributed by atoms with Gasteiger partial charge < -0.3 is 4.74 Å². The maximum Gasteiger partial charge on any atom is 0.150 e. The molecule has 0 unspecified atom stereocenters. The Morgan fingerprint density at radius 2 is 1.75 bits per heavy atom. The Balaban J connectivity index is 1.49. The highest BCUT2D eigenvalue weighted by Crippen LogP contribution is 2.34. The van der Waals surface area contributed by atoms with E-state index in [-0.39, 0.29) is 0 Å². The number of rotatable bonds is 5. The van der Waals surface area contributed by atoms with Crippen molar-refractivity contribution in [3.8, 4) is 11.8 Å². The number of aldehydes is 1. The second kappa shape index (κ2) is 8.27. The van der Waals surface area contributed by atoms with Gasteiger partial charge in [-0.3, -0.25) is 4.79 Å². The molecule has 3 nitrogen and oxygen atoms in total. The summed E-state index contributed by atoms with van der Waals surface area (Å²) >= 11 is 0. The Labute approximate surface area is 165 Å². The molecule has 4 rings (SSSR count). The first-order valence-electron chi connectivity index (χ1n) is 9.91. The molecule has 1 aliphatic rings. The van der Waals surface area contributed by atoms with Gasteiger partial charge in [0.1, 0.15) is 18.6 Å². The van der Waals surface area contributed by atoms with Crippen LogP contribution in [0, 0.1) is 11.3 Å². The number of nitriles is 1. The SMILES string of the molecule is N#Cc1cc(COc2ccc3cc(C=O)ccc3c2)ccc1C1CCCCC1. The summed E-state index contributed by atoms with van der Waals surface area (Å²) in [6.07, 6.45) is 7.06. The molecule has 1 aliphatic carbocycles. The smallest absolute Gasteiger partial charge is 0.150 e. The number of ether oxygens (including phenoxy) is 1. The predicted molar refractivity (Wildman–Crippen MR) is 111 cm³/mol. The van der Waals surface area contributed by atoms with Crippen molar-refractivity contribution in [3.63, 3.8) is 0 Å². The van der Waals surface area contributed by atoms with Gasteiger partial charge in [0.15, 0.2) is 0 Å². The van der Waals surface area contributed by atoms with Crippen molar-refractivity contribution in [1.29, 1.82) is 5.26 Å². The van der Waals surface area contributed by atoms with Crippen LogP contribution in [0.1, 0.15) is 65.1 Å². The van der Waals surface area contributed by atoms with E-state index in [4.69, 9.17) is 4.74 Å². The normalized spacial score (nSPS) is 14.5. The fourth-order valence-electron chi connectivity index (χ4n) is 4.13. The summed E-state index contributed by atoms with van der Waals surface area (Å²) < 4.78 is 5.96. The highest BCUT2D eigenvalue weighted by Gasteiger charge is 2.18. The number of nitrogens with zero attached hydrogens (tertiary/aromatic N) is 1. The van der Waals surface area contributed by atoms with Crippen LogP contribution in [0.25, 0.3) is 10.8 Å². The van der Waals surface area contributed by atoms with Crippen molar-refractivity contribution < 1.29 is 9.53 Å². The molecule has 0 saturated heterocycles. The number of carbonyl (C=O) groups excluding carboxylic acids is 1. The van der Waals surface area contributed by atoms with Gasteiger partial charge in [-0.1, -0.05) is 49.6 Å². The zero-order valence-electron chi connectivity index (χ0n) is 15.9. The van der Waals surface area contributed by atoms with Gasteiger partial charge in [-0.2, -0.15) is 5.26 Å². The quantitative estimate of drug-likeness (QED) is 0.507. The summed E-state index contributed by atoms with van der Waals surface area (Å²) in [4.78, 5) is 10.9. The molecule has 0 N–H and O–H groups in total. The second-order valence-electron chi connectivity index (χ2n) is 7.54. The summed E-state index contributed by atoms with van der Waals surface area (Å²) in [5.41, 5.74) is 3.66. The Bertz CT molecular complexity index is 1040. The van der Waals surface area contributed by atoms with E-state index in [1.54, 1.807) is 0 Å². The number of benzene rings is 3. The molecule has 0 heterocycles. The fraction of sp³-hybridized carbons (Fsp3) is 0.280. The lowest BCUT2D eigenvalue weighted by Crippen LogP contribution is -2.07. The Morgan fingerprint density at radius 3 is 2.54 bits per heavy atom. The molecule has 140 valence electrons. The molecule has 0 amide bonds. The summed E-state index contributed by atoms with van der Waals surface area (Å²) in [7, 11) is 0. The minimum Gasteiger partial charge on any atom is -0.489 e. The summed E-state index contributed by atoms with van der Waals surface area (Å²) in [5.74, 6) is 1.30. The minimum atomic E-state index is 0.428. The molecule has 0 atom stereocenters. The molecular weight excluding hydrogens is 346 g/mol. The molecule has 3 aromatic rings. The molecule has 28 heavy (non-hydrogen) atoms. The third kappa shape index (κ3) is 3.92. The van der Waals surface area contributed by atoms with Crippen LogP contribution >= 0.6 is 0 Å². The van der Waals surface area contributed by atoms with Crippen LogP contribution in [0.2, 0.25) is 0 Å². The van der Waals surface area contributed by atoms with Crippen molar-refractivity contribution in [1.82, 2.24) is 0 Å². The van der Waals surface area contributed by atoms with Crippen LogP contribution < -0.4 is 4.74 Å². The minimum absolute atomic E-state index is 0.428. The zero-order chi connectivity index (χ0) is 19.3. The average Bonchev–Trinajstić information content (AvgIpc) is 2.77. The van der Waals surface area contributed by atoms with E-state index in [1.165, 1.54) is 37.7 Å². The molecular formula is C25H23NO2. The van der Waals surface area contributed by atoms with Gasteiger partial charge in [0.05, 0.1) is 11.6 Å². The van der Waals surface area contributed by atoms with E-state index in [0.29, 0.717) is 18.1 Å². The Kier molecular flexibility index (Phi) is 5.39. The second-order valence-corrected chi connectivity index (χ2v) is 7.54. The first-order chi connectivity index (χ1) is 13.8. The van der Waals surface area contributed by atoms with Crippen LogP contribution in [0.5, 0.6) is 5.75 Å². The first kappa shape index (κ1) is 18.3. The molecule has 1 saturated carbocycles. The molecule has 0 spiro atoms. The van der Waals surface area contributed by atoms with Gasteiger partial charge in [-0.15, -0.1) is 0 Å². The number of carbonyl (C=O) groups is 1. The van der Waals surface area contributed by atoms with Crippen LogP contribution in [0.3, 0.4) is 0 Å². The molecule has 3 heteroatoms. The summed E-state index contributed by atoms with van der Waals surface area (Å²) in [5, 5.41) is 11.7. The highest BCUT2D eigenvalue weighted by atomic mass is 16.5. The van der Waals surface area contributed by atoms with E-state index in [2.05, 4.69) is 18.2 Å². The monoisotopic (exact) mass is 369 g/mol. The standard InChI is InChI=1S/C25H23NO2/c26-15-23-13-19(7-11-25(23)20-4-2-1-3-5-20)17-28-24-10-9-21-12-18(16-27)6-8-22(21)14-24/h6-14,16,20H,1-5,17H2. The lowest BCUT2D eigenvalue weighted by Gasteiger charge is -2.23. The fourth-order valence-corrected chi connectivity index (χ4v) is 4.13. The molecule has 0 aliphatic heterocycles. The molecule has 1 fully saturated rings. The predicted octanol–water partition coefficient (Wildman–Crippen LogP) is 6.15. The number of hydrogen-bond donors (Lipinski definition) is 0. The Morgan fingerprint density at radius 1 is 0.964 bits per heavy atom. The maximum atomic E-state index is 10.9. The number of hydrogen-bond acceptors (Lipinski definition) is 3. The molecule has 0 aromatic heterocycles. The van der Waals surface area contributed by atoms with Crippen LogP contribution in [0.4, 0.5) is 0 Å². The topological polar surface area (TPSA) is 50.1 Å².